The van der Waals surface area contributed by atoms with Crippen LogP contribution in [0.2, 0.25) is 0 Å². The first-order valence-electron chi connectivity index (χ1n) is 5.12. The normalized spacial score (nSPS) is 14.8. The Balaban J connectivity index is 2.09. The monoisotopic (exact) mass is 239 g/mol. The van der Waals surface area contributed by atoms with Crippen LogP contribution in [0, 0.1) is 0 Å². The van der Waals surface area contributed by atoms with Gasteiger partial charge in [0.25, 0.3) is 0 Å². The average Bonchev–Trinajstić information content (AvgIpc) is 2.96. The third kappa shape index (κ3) is 2.57. The van der Waals surface area contributed by atoms with Crippen molar-refractivity contribution in [3.63, 3.8) is 0 Å². The van der Waals surface area contributed by atoms with Gasteiger partial charge in [-0.25, -0.2) is 4.98 Å². The first-order chi connectivity index (χ1) is 7.70. The summed E-state index contributed by atoms with van der Waals surface area (Å²) in [4.78, 5) is 16.7. The Bertz CT molecular complexity index is 401. The molecule has 1 aliphatic carbocycles. The van der Waals surface area contributed by atoms with Crippen LogP contribution in [-0.2, 0) is 4.79 Å². The van der Waals surface area contributed by atoms with E-state index in [2.05, 4.69) is 15.9 Å². The van der Waals surface area contributed by atoms with Crippen molar-refractivity contribution in [2.24, 2.45) is 0 Å². The minimum atomic E-state index is -0.870. The molecule has 5 nitrogen and oxygen atoms in total. The van der Waals surface area contributed by atoms with Crippen LogP contribution in [-0.4, -0.2) is 33.5 Å². The van der Waals surface area contributed by atoms with Crippen LogP contribution < -0.4 is 4.90 Å². The number of hydrogen-bond acceptors (Lipinski definition) is 5. The smallest absolute Gasteiger partial charge is 0.323 e. The highest BCUT2D eigenvalue weighted by molar-refractivity contribution is 7.09. The molecule has 1 N–H and O–H groups in total. The van der Waals surface area contributed by atoms with Crippen molar-refractivity contribution in [3.8, 4) is 0 Å². The number of aromatic nitrogens is 2. The van der Waals surface area contributed by atoms with Crippen molar-refractivity contribution in [1.29, 1.82) is 0 Å². The molecule has 1 heterocycles. The molecule has 0 saturated heterocycles. The Morgan fingerprint density at radius 1 is 1.69 bits per heavy atom. The Labute approximate surface area is 97.6 Å². The van der Waals surface area contributed by atoms with Gasteiger partial charge in [-0.2, -0.15) is 4.37 Å². The van der Waals surface area contributed by atoms with Gasteiger partial charge in [-0.3, -0.25) is 4.79 Å². The summed E-state index contributed by atoms with van der Waals surface area (Å²) < 4.78 is 4.25. The molecule has 0 atom stereocenters. The van der Waals surface area contributed by atoms with Gasteiger partial charge in [-0.1, -0.05) is 6.08 Å². The molecule has 1 aromatic heterocycles. The molecule has 1 fully saturated rings. The van der Waals surface area contributed by atoms with E-state index in [4.69, 9.17) is 5.11 Å². The molecule has 1 aliphatic rings. The van der Waals surface area contributed by atoms with E-state index < -0.39 is 5.97 Å². The van der Waals surface area contributed by atoms with Crippen molar-refractivity contribution in [1.82, 2.24) is 9.36 Å². The Morgan fingerprint density at radius 3 is 3.00 bits per heavy atom. The summed E-state index contributed by atoms with van der Waals surface area (Å²) in [6.07, 6.45) is 3.97. The lowest BCUT2D eigenvalue weighted by atomic mass is 10.4. The van der Waals surface area contributed by atoms with E-state index in [1.165, 1.54) is 11.5 Å². The molecule has 1 saturated carbocycles. The summed E-state index contributed by atoms with van der Waals surface area (Å²) in [5.41, 5.74) is 0. The number of rotatable bonds is 6. The summed E-state index contributed by atoms with van der Waals surface area (Å²) in [6, 6.07) is 0. The highest BCUT2D eigenvalue weighted by Gasteiger charge is 2.28. The van der Waals surface area contributed by atoms with Crippen LogP contribution in [0.1, 0.15) is 24.6 Å². The first kappa shape index (κ1) is 11.1. The van der Waals surface area contributed by atoms with Gasteiger partial charge >= 0.3 is 5.97 Å². The van der Waals surface area contributed by atoms with E-state index in [1.807, 2.05) is 0 Å². The van der Waals surface area contributed by atoms with Crippen molar-refractivity contribution in [3.05, 3.63) is 18.5 Å². The maximum Gasteiger partial charge on any atom is 0.323 e. The van der Waals surface area contributed by atoms with E-state index in [-0.39, 0.29) is 6.54 Å². The maximum atomic E-state index is 10.7. The molecule has 0 spiro atoms. The lowest BCUT2D eigenvalue weighted by Crippen LogP contribution is -2.29. The van der Waals surface area contributed by atoms with Crippen LogP contribution in [0.3, 0.4) is 0 Å². The van der Waals surface area contributed by atoms with Gasteiger partial charge in [0.05, 0.1) is 0 Å². The lowest BCUT2D eigenvalue weighted by molar-refractivity contribution is -0.135. The molecule has 0 radical (unpaired) electrons. The summed E-state index contributed by atoms with van der Waals surface area (Å²) in [5.74, 6) is 0.491. The molecule has 0 bridgehead atoms. The number of aliphatic carboxylic acids is 1. The van der Waals surface area contributed by atoms with Gasteiger partial charge in [-0.15, -0.1) is 6.58 Å². The van der Waals surface area contributed by atoms with E-state index in [0.29, 0.717) is 17.6 Å². The van der Waals surface area contributed by atoms with Crippen LogP contribution in [0.5, 0.6) is 0 Å². The number of carbonyl (C=O) groups is 1. The Kier molecular flexibility index (Phi) is 3.19. The van der Waals surface area contributed by atoms with E-state index in [9.17, 15) is 4.79 Å². The second kappa shape index (κ2) is 4.61. The molecule has 0 unspecified atom stereocenters. The number of nitrogens with zero attached hydrogens (tertiary/aromatic N) is 3. The molecule has 6 heteroatoms. The molecule has 0 aromatic carbocycles. The van der Waals surface area contributed by atoms with Gasteiger partial charge in [0.2, 0.25) is 5.13 Å². The fourth-order valence-electron chi connectivity index (χ4n) is 1.39. The fourth-order valence-corrected chi connectivity index (χ4v) is 2.15. The molecule has 1 aromatic rings. The third-order valence-electron chi connectivity index (χ3n) is 2.32. The number of anilines is 1. The summed E-state index contributed by atoms with van der Waals surface area (Å²) >= 11 is 1.26. The highest BCUT2D eigenvalue weighted by Crippen LogP contribution is 2.39. The second-order valence-corrected chi connectivity index (χ2v) is 4.50. The standard InChI is InChI=1S/C10H13N3O2S/c1-2-5-13(6-8(14)15)10-11-9(12-16-10)7-3-4-7/h2,7H,1,3-6H2,(H,14,15). The average molecular weight is 239 g/mol. The molecule has 86 valence electrons. The zero-order chi connectivity index (χ0) is 11.5. The topological polar surface area (TPSA) is 66.3 Å². The summed E-state index contributed by atoms with van der Waals surface area (Å²) in [5, 5.41) is 9.45. The lowest BCUT2D eigenvalue weighted by Gasteiger charge is -2.16. The van der Waals surface area contributed by atoms with Crippen molar-refractivity contribution in [2.45, 2.75) is 18.8 Å². The maximum absolute atomic E-state index is 10.7. The third-order valence-corrected chi connectivity index (χ3v) is 3.11. The Hall–Kier alpha value is -1.43. The van der Waals surface area contributed by atoms with Crippen molar-refractivity contribution < 1.29 is 9.90 Å². The van der Waals surface area contributed by atoms with Crippen LogP contribution in [0.15, 0.2) is 12.7 Å². The van der Waals surface area contributed by atoms with E-state index in [1.54, 1.807) is 11.0 Å². The summed E-state index contributed by atoms with van der Waals surface area (Å²) in [7, 11) is 0. The zero-order valence-corrected chi connectivity index (χ0v) is 9.61. The van der Waals surface area contributed by atoms with E-state index >= 15 is 0 Å². The SMILES string of the molecule is C=CCN(CC(=O)O)c1nc(C2CC2)ns1. The Morgan fingerprint density at radius 2 is 2.44 bits per heavy atom. The van der Waals surface area contributed by atoms with Crippen LogP contribution in [0.4, 0.5) is 5.13 Å². The predicted octanol–water partition coefficient (Wildman–Crippen LogP) is 1.49. The van der Waals surface area contributed by atoms with Gasteiger partial charge < -0.3 is 10.0 Å². The minimum absolute atomic E-state index is 0.0642. The van der Waals surface area contributed by atoms with Gasteiger partial charge in [-0.05, 0) is 12.8 Å². The van der Waals surface area contributed by atoms with Gasteiger partial charge in [0.1, 0.15) is 12.4 Å². The van der Waals surface area contributed by atoms with Crippen LogP contribution >= 0.6 is 11.5 Å². The molecular weight excluding hydrogens is 226 g/mol. The van der Waals surface area contributed by atoms with E-state index in [0.717, 1.165) is 18.7 Å². The van der Waals surface area contributed by atoms with Crippen molar-refractivity contribution >= 4 is 22.6 Å². The number of carboxylic acids is 1. The molecule has 2 rings (SSSR count). The molecular formula is C10H13N3O2S. The quantitative estimate of drug-likeness (QED) is 0.762. The first-order valence-corrected chi connectivity index (χ1v) is 5.89. The molecule has 16 heavy (non-hydrogen) atoms. The zero-order valence-electron chi connectivity index (χ0n) is 8.80. The predicted molar refractivity (Wildman–Crippen MR) is 61.9 cm³/mol. The van der Waals surface area contributed by atoms with Crippen molar-refractivity contribution in [2.75, 3.05) is 18.0 Å². The van der Waals surface area contributed by atoms with Gasteiger partial charge in [0.15, 0.2) is 0 Å². The summed E-state index contributed by atoms with van der Waals surface area (Å²) in [6.45, 7) is 4.02. The molecule has 0 aliphatic heterocycles. The number of hydrogen-bond donors (Lipinski definition) is 1. The fraction of sp³-hybridized carbons (Fsp3) is 0.500. The molecule has 0 amide bonds. The largest absolute Gasteiger partial charge is 0.480 e. The minimum Gasteiger partial charge on any atom is -0.480 e. The van der Waals surface area contributed by atoms with Gasteiger partial charge in [0, 0.05) is 24.0 Å². The second-order valence-electron chi connectivity index (χ2n) is 3.77. The highest BCUT2D eigenvalue weighted by atomic mass is 32.1. The number of carboxylic acid groups (broad SMARTS) is 1. The van der Waals surface area contributed by atoms with Crippen LogP contribution in [0.25, 0.3) is 0 Å².